The number of hydrogen-bond donors (Lipinski definition) is 2. The van der Waals surface area contributed by atoms with Gasteiger partial charge in [-0.1, -0.05) is 0 Å². The van der Waals surface area contributed by atoms with Crippen LogP contribution >= 0.6 is 0 Å². The third-order valence-corrected chi connectivity index (χ3v) is 2.84. The maximum atomic E-state index is 12.1. The van der Waals surface area contributed by atoms with Gasteiger partial charge in [0.15, 0.2) is 0 Å². The van der Waals surface area contributed by atoms with Crippen LogP contribution in [0.3, 0.4) is 0 Å². The number of carbonyl (C=O) groups is 1. The van der Waals surface area contributed by atoms with Gasteiger partial charge < -0.3 is 20.5 Å². The van der Waals surface area contributed by atoms with Gasteiger partial charge >= 0.3 is 0 Å². The van der Waals surface area contributed by atoms with Crippen molar-refractivity contribution in [1.82, 2.24) is 0 Å². The molecule has 0 atom stereocenters. The first kappa shape index (κ1) is 14.9. The van der Waals surface area contributed by atoms with Crippen molar-refractivity contribution in [2.45, 2.75) is 0 Å². The molecule has 2 aromatic carbocycles. The zero-order valence-corrected chi connectivity index (χ0v) is 11.8. The number of nitrogen functional groups attached to an aromatic ring is 1. The molecule has 0 fully saturated rings. The molecule has 5 nitrogen and oxygen atoms in total. The molecule has 5 heteroatoms. The number of methoxy groups -OCH3 is 1. The average molecular weight is 286 g/mol. The molecule has 0 aliphatic rings. The summed E-state index contributed by atoms with van der Waals surface area (Å²) in [7, 11) is 1.62. The number of anilines is 2. The van der Waals surface area contributed by atoms with Gasteiger partial charge in [-0.25, -0.2) is 0 Å². The van der Waals surface area contributed by atoms with Crippen LogP contribution in [-0.4, -0.2) is 26.2 Å². The van der Waals surface area contributed by atoms with Gasteiger partial charge in [-0.15, -0.1) is 0 Å². The average Bonchev–Trinajstić information content (AvgIpc) is 2.50. The van der Waals surface area contributed by atoms with Crippen LogP contribution in [-0.2, 0) is 4.74 Å². The monoisotopic (exact) mass is 286 g/mol. The van der Waals surface area contributed by atoms with E-state index >= 15 is 0 Å². The Hall–Kier alpha value is -2.53. The van der Waals surface area contributed by atoms with E-state index in [1.54, 1.807) is 55.6 Å². The molecule has 0 bridgehead atoms. The van der Waals surface area contributed by atoms with Crippen molar-refractivity contribution in [2.75, 3.05) is 31.4 Å². The van der Waals surface area contributed by atoms with Crippen LogP contribution in [0.15, 0.2) is 48.5 Å². The number of rotatable bonds is 6. The predicted molar refractivity (Wildman–Crippen MR) is 82.6 cm³/mol. The second-order valence-electron chi connectivity index (χ2n) is 4.44. The Balaban J connectivity index is 1.94. The smallest absolute Gasteiger partial charge is 0.255 e. The lowest BCUT2D eigenvalue weighted by atomic mass is 10.2. The lowest BCUT2D eigenvalue weighted by Crippen LogP contribution is -2.12. The van der Waals surface area contributed by atoms with E-state index in [0.29, 0.717) is 35.9 Å². The highest BCUT2D eigenvalue weighted by Crippen LogP contribution is 2.15. The van der Waals surface area contributed by atoms with Gasteiger partial charge in [-0.05, 0) is 48.5 Å². The molecule has 1 amide bonds. The third-order valence-electron chi connectivity index (χ3n) is 2.84. The number of amides is 1. The highest BCUT2D eigenvalue weighted by molar-refractivity contribution is 6.04. The summed E-state index contributed by atoms with van der Waals surface area (Å²) in [5.74, 6) is 0.527. The van der Waals surface area contributed by atoms with Gasteiger partial charge in [0.1, 0.15) is 12.4 Å². The standard InChI is InChI=1S/C16H18N2O3/c1-20-10-11-21-15-8-2-12(3-9-15)16(19)18-14-6-4-13(17)5-7-14/h2-9H,10-11,17H2,1H3,(H,18,19). The highest BCUT2D eigenvalue weighted by Gasteiger charge is 2.06. The summed E-state index contributed by atoms with van der Waals surface area (Å²) in [6.45, 7) is 1.01. The SMILES string of the molecule is COCCOc1ccc(C(=O)Nc2ccc(N)cc2)cc1. The molecule has 110 valence electrons. The minimum atomic E-state index is -0.178. The number of hydrogen-bond acceptors (Lipinski definition) is 4. The van der Waals surface area contributed by atoms with Crippen LogP contribution in [0.25, 0.3) is 0 Å². The van der Waals surface area contributed by atoms with E-state index in [0.717, 1.165) is 0 Å². The fourth-order valence-corrected chi connectivity index (χ4v) is 1.72. The largest absolute Gasteiger partial charge is 0.491 e. The predicted octanol–water partition coefficient (Wildman–Crippen LogP) is 2.55. The van der Waals surface area contributed by atoms with Crippen LogP contribution in [0.4, 0.5) is 11.4 Å². The van der Waals surface area contributed by atoms with Crippen molar-refractivity contribution in [3.8, 4) is 5.75 Å². The molecule has 0 saturated carbocycles. The second kappa shape index (κ2) is 7.31. The lowest BCUT2D eigenvalue weighted by Gasteiger charge is -2.08. The van der Waals surface area contributed by atoms with Crippen molar-refractivity contribution in [3.05, 3.63) is 54.1 Å². The normalized spacial score (nSPS) is 10.1. The minimum Gasteiger partial charge on any atom is -0.491 e. The summed E-state index contributed by atoms with van der Waals surface area (Å²) in [6, 6.07) is 13.9. The number of nitrogens with one attached hydrogen (secondary N) is 1. The molecule has 21 heavy (non-hydrogen) atoms. The number of nitrogens with two attached hydrogens (primary N) is 1. The topological polar surface area (TPSA) is 73.6 Å². The molecule has 0 spiro atoms. The summed E-state index contributed by atoms with van der Waals surface area (Å²) < 4.78 is 10.3. The quantitative estimate of drug-likeness (QED) is 0.632. The zero-order chi connectivity index (χ0) is 15.1. The molecule has 0 aliphatic carbocycles. The van der Waals surface area contributed by atoms with Crippen LogP contribution in [0.5, 0.6) is 5.75 Å². The molecular formula is C16H18N2O3. The molecular weight excluding hydrogens is 268 g/mol. The lowest BCUT2D eigenvalue weighted by molar-refractivity contribution is 0.102. The van der Waals surface area contributed by atoms with Gasteiger partial charge in [0, 0.05) is 24.0 Å². The molecule has 0 saturated heterocycles. The van der Waals surface area contributed by atoms with Crippen molar-refractivity contribution < 1.29 is 14.3 Å². The Bertz CT molecular complexity index is 579. The Morgan fingerprint density at radius 1 is 1.05 bits per heavy atom. The third kappa shape index (κ3) is 4.50. The summed E-state index contributed by atoms with van der Waals surface area (Å²) in [5, 5.41) is 2.80. The number of carbonyl (C=O) groups excluding carboxylic acids is 1. The van der Waals surface area contributed by atoms with Crippen LogP contribution in [0, 0.1) is 0 Å². The summed E-state index contributed by atoms with van der Waals surface area (Å²) in [4.78, 5) is 12.1. The van der Waals surface area contributed by atoms with Gasteiger partial charge in [-0.3, -0.25) is 4.79 Å². The summed E-state index contributed by atoms with van der Waals surface area (Å²) >= 11 is 0. The molecule has 0 heterocycles. The van der Waals surface area contributed by atoms with E-state index in [4.69, 9.17) is 15.2 Å². The fraction of sp³-hybridized carbons (Fsp3) is 0.188. The van der Waals surface area contributed by atoms with Crippen molar-refractivity contribution in [2.24, 2.45) is 0 Å². The Kier molecular flexibility index (Phi) is 5.17. The van der Waals surface area contributed by atoms with E-state index in [2.05, 4.69) is 5.32 Å². The summed E-state index contributed by atoms with van der Waals surface area (Å²) in [5.41, 5.74) is 7.52. The molecule has 2 aromatic rings. The maximum Gasteiger partial charge on any atom is 0.255 e. The van der Waals surface area contributed by atoms with Gasteiger partial charge in [0.2, 0.25) is 0 Å². The zero-order valence-electron chi connectivity index (χ0n) is 11.8. The van der Waals surface area contributed by atoms with E-state index in [9.17, 15) is 4.79 Å². The van der Waals surface area contributed by atoms with Crippen LogP contribution < -0.4 is 15.8 Å². The van der Waals surface area contributed by atoms with Crippen molar-refractivity contribution >= 4 is 17.3 Å². The number of ether oxygens (including phenoxy) is 2. The first-order chi connectivity index (χ1) is 10.2. The second-order valence-corrected chi connectivity index (χ2v) is 4.44. The van der Waals surface area contributed by atoms with Crippen molar-refractivity contribution in [1.29, 1.82) is 0 Å². The Morgan fingerprint density at radius 2 is 1.71 bits per heavy atom. The first-order valence-corrected chi connectivity index (χ1v) is 6.58. The van der Waals surface area contributed by atoms with Crippen LogP contribution in [0.1, 0.15) is 10.4 Å². The molecule has 0 aromatic heterocycles. The number of benzene rings is 2. The van der Waals surface area contributed by atoms with Crippen LogP contribution in [0.2, 0.25) is 0 Å². The molecule has 0 aliphatic heterocycles. The highest BCUT2D eigenvalue weighted by atomic mass is 16.5. The van der Waals surface area contributed by atoms with E-state index in [-0.39, 0.29) is 5.91 Å². The summed E-state index contributed by atoms with van der Waals surface area (Å²) in [6.07, 6.45) is 0. The Labute approximate surface area is 123 Å². The first-order valence-electron chi connectivity index (χ1n) is 6.58. The van der Waals surface area contributed by atoms with E-state index in [1.165, 1.54) is 0 Å². The molecule has 0 radical (unpaired) electrons. The van der Waals surface area contributed by atoms with Gasteiger partial charge in [0.25, 0.3) is 5.91 Å². The fourth-order valence-electron chi connectivity index (χ4n) is 1.72. The molecule has 0 unspecified atom stereocenters. The van der Waals surface area contributed by atoms with Gasteiger partial charge in [0.05, 0.1) is 6.61 Å². The van der Waals surface area contributed by atoms with E-state index < -0.39 is 0 Å². The molecule has 3 N–H and O–H groups in total. The van der Waals surface area contributed by atoms with Gasteiger partial charge in [-0.2, -0.15) is 0 Å². The Morgan fingerprint density at radius 3 is 2.33 bits per heavy atom. The molecule has 2 rings (SSSR count). The maximum absolute atomic E-state index is 12.1. The van der Waals surface area contributed by atoms with Crippen molar-refractivity contribution in [3.63, 3.8) is 0 Å². The minimum absolute atomic E-state index is 0.178. The van der Waals surface area contributed by atoms with E-state index in [1.807, 2.05) is 0 Å².